The van der Waals surface area contributed by atoms with Gasteiger partial charge in [0, 0.05) is 22.7 Å². The van der Waals surface area contributed by atoms with Crippen LogP contribution in [0.15, 0.2) is 42.5 Å². The molecule has 0 aliphatic heterocycles. The fourth-order valence-corrected chi connectivity index (χ4v) is 2.33. The van der Waals surface area contributed by atoms with E-state index in [1.165, 1.54) is 11.1 Å². The van der Waals surface area contributed by atoms with Crippen molar-refractivity contribution in [1.82, 2.24) is 5.32 Å². The Morgan fingerprint density at radius 2 is 1.75 bits per heavy atom. The Balaban J connectivity index is 0.00000288. The minimum atomic E-state index is 0. The molecule has 0 aromatic heterocycles. The summed E-state index contributed by atoms with van der Waals surface area (Å²) in [7, 11) is 0. The summed E-state index contributed by atoms with van der Waals surface area (Å²) in [5.41, 5.74) is 3.60. The molecule has 0 radical (unpaired) electrons. The SMILES string of the molecule is CCC(C)(C)NCc1cc(Cl)ccc1OCc1ccc(C)cc1.Cl. The fourth-order valence-electron chi connectivity index (χ4n) is 2.13. The topological polar surface area (TPSA) is 21.3 Å². The minimum Gasteiger partial charge on any atom is -0.489 e. The van der Waals surface area contributed by atoms with Gasteiger partial charge in [0.15, 0.2) is 0 Å². The zero-order valence-corrected chi connectivity index (χ0v) is 16.4. The summed E-state index contributed by atoms with van der Waals surface area (Å²) in [6.45, 7) is 9.97. The van der Waals surface area contributed by atoms with Gasteiger partial charge in [-0.3, -0.25) is 0 Å². The summed E-state index contributed by atoms with van der Waals surface area (Å²) in [4.78, 5) is 0. The maximum atomic E-state index is 6.15. The third-order valence-corrected chi connectivity index (χ3v) is 4.41. The molecule has 2 aromatic rings. The summed E-state index contributed by atoms with van der Waals surface area (Å²) in [5.74, 6) is 0.884. The quantitative estimate of drug-likeness (QED) is 0.654. The maximum absolute atomic E-state index is 6.15. The Bertz CT molecular complexity index is 639. The Hall–Kier alpha value is -1.22. The summed E-state index contributed by atoms with van der Waals surface area (Å²) >= 11 is 6.15. The van der Waals surface area contributed by atoms with E-state index in [0.717, 1.165) is 29.3 Å². The largest absolute Gasteiger partial charge is 0.489 e. The van der Waals surface area contributed by atoms with Gasteiger partial charge in [-0.05, 0) is 51.0 Å². The Morgan fingerprint density at radius 3 is 2.38 bits per heavy atom. The zero-order chi connectivity index (χ0) is 16.9. The number of rotatable bonds is 7. The molecule has 0 bridgehead atoms. The third-order valence-electron chi connectivity index (χ3n) is 4.18. The molecule has 2 nitrogen and oxygen atoms in total. The standard InChI is InChI=1S/C20H26ClNO.ClH/c1-5-20(3,4)22-13-17-12-18(21)10-11-19(17)23-14-16-8-6-15(2)7-9-16;/h6-12,22H,5,13-14H2,1-4H3;1H. The molecule has 24 heavy (non-hydrogen) atoms. The predicted molar refractivity (Wildman–Crippen MR) is 105 cm³/mol. The fraction of sp³-hybridized carbons (Fsp3) is 0.400. The normalized spacial score (nSPS) is 11.0. The van der Waals surface area contributed by atoms with E-state index >= 15 is 0 Å². The summed E-state index contributed by atoms with van der Waals surface area (Å²) < 4.78 is 6.02. The van der Waals surface area contributed by atoms with E-state index in [1.54, 1.807) is 0 Å². The molecule has 0 atom stereocenters. The van der Waals surface area contributed by atoms with Crippen molar-refractivity contribution in [2.24, 2.45) is 0 Å². The van der Waals surface area contributed by atoms with Crippen LogP contribution in [0.2, 0.25) is 5.02 Å². The Morgan fingerprint density at radius 1 is 1.08 bits per heavy atom. The van der Waals surface area contributed by atoms with Crippen molar-refractivity contribution in [2.75, 3.05) is 0 Å². The highest BCUT2D eigenvalue weighted by Crippen LogP contribution is 2.25. The van der Waals surface area contributed by atoms with Crippen LogP contribution in [-0.2, 0) is 13.2 Å². The van der Waals surface area contributed by atoms with E-state index in [-0.39, 0.29) is 17.9 Å². The van der Waals surface area contributed by atoms with Crippen molar-refractivity contribution < 1.29 is 4.74 Å². The van der Waals surface area contributed by atoms with Crippen LogP contribution >= 0.6 is 24.0 Å². The van der Waals surface area contributed by atoms with Gasteiger partial charge >= 0.3 is 0 Å². The van der Waals surface area contributed by atoms with Crippen molar-refractivity contribution in [3.8, 4) is 5.75 Å². The number of hydrogen-bond acceptors (Lipinski definition) is 2. The van der Waals surface area contributed by atoms with E-state index in [1.807, 2.05) is 18.2 Å². The highest BCUT2D eigenvalue weighted by molar-refractivity contribution is 6.30. The van der Waals surface area contributed by atoms with E-state index in [4.69, 9.17) is 16.3 Å². The van der Waals surface area contributed by atoms with Gasteiger partial charge in [0.05, 0.1) is 0 Å². The lowest BCUT2D eigenvalue weighted by Crippen LogP contribution is -2.37. The van der Waals surface area contributed by atoms with Crippen LogP contribution in [0.5, 0.6) is 5.75 Å². The van der Waals surface area contributed by atoms with Crippen molar-refractivity contribution in [2.45, 2.75) is 52.8 Å². The van der Waals surface area contributed by atoms with Crippen LogP contribution in [0, 0.1) is 6.92 Å². The Labute approximate surface area is 157 Å². The van der Waals surface area contributed by atoms with Crippen LogP contribution in [0.1, 0.15) is 43.9 Å². The van der Waals surface area contributed by atoms with Crippen LogP contribution < -0.4 is 10.1 Å². The van der Waals surface area contributed by atoms with Crippen LogP contribution in [0.4, 0.5) is 0 Å². The molecule has 0 fully saturated rings. The molecular formula is C20H27Cl2NO. The number of nitrogens with one attached hydrogen (secondary N) is 1. The highest BCUT2D eigenvalue weighted by Gasteiger charge is 2.15. The number of aryl methyl sites for hydroxylation is 1. The molecule has 1 N–H and O–H groups in total. The maximum Gasteiger partial charge on any atom is 0.124 e. The monoisotopic (exact) mass is 367 g/mol. The molecule has 0 saturated carbocycles. The van der Waals surface area contributed by atoms with Gasteiger partial charge in [-0.15, -0.1) is 12.4 Å². The van der Waals surface area contributed by atoms with Gasteiger partial charge in [0.2, 0.25) is 0 Å². The second-order valence-electron chi connectivity index (χ2n) is 6.62. The molecule has 0 amide bonds. The highest BCUT2D eigenvalue weighted by atomic mass is 35.5. The second-order valence-corrected chi connectivity index (χ2v) is 7.05. The number of ether oxygens (including phenoxy) is 1. The zero-order valence-electron chi connectivity index (χ0n) is 14.9. The van der Waals surface area contributed by atoms with Crippen LogP contribution in [0.3, 0.4) is 0 Å². The van der Waals surface area contributed by atoms with Crippen molar-refractivity contribution >= 4 is 24.0 Å². The van der Waals surface area contributed by atoms with Crippen molar-refractivity contribution in [3.63, 3.8) is 0 Å². The molecule has 0 aliphatic carbocycles. The lowest BCUT2D eigenvalue weighted by Gasteiger charge is -2.25. The Kier molecular flexibility index (Phi) is 8.08. The molecule has 2 aromatic carbocycles. The first-order valence-electron chi connectivity index (χ1n) is 8.11. The average molecular weight is 368 g/mol. The number of benzene rings is 2. The van der Waals surface area contributed by atoms with Crippen LogP contribution in [-0.4, -0.2) is 5.54 Å². The molecule has 132 valence electrons. The summed E-state index contributed by atoms with van der Waals surface area (Å²) in [5, 5.41) is 4.29. The molecule has 2 rings (SSSR count). The van der Waals surface area contributed by atoms with Crippen LogP contribution in [0.25, 0.3) is 0 Å². The van der Waals surface area contributed by atoms with E-state index in [0.29, 0.717) is 6.61 Å². The summed E-state index contributed by atoms with van der Waals surface area (Å²) in [6.07, 6.45) is 1.06. The van der Waals surface area contributed by atoms with Gasteiger partial charge in [-0.2, -0.15) is 0 Å². The van der Waals surface area contributed by atoms with Gasteiger partial charge in [-0.25, -0.2) is 0 Å². The summed E-state index contributed by atoms with van der Waals surface area (Å²) in [6, 6.07) is 14.2. The smallest absolute Gasteiger partial charge is 0.124 e. The first-order chi connectivity index (χ1) is 10.9. The van der Waals surface area contributed by atoms with Crippen molar-refractivity contribution in [1.29, 1.82) is 0 Å². The van der Waals surface area contributed by atoms with Crippen molar-refractivity contribution in [3.05, 3.63) is 64.2 Å². The number of hydrogen-bond donors (Lipinski definition) is 1. The van der Waals surface area contributed by atoms with E-state index in [2.05, 4.69) is 57.3 Å². The van der Waals surface area contributed by atoms with Gasteiger partial charge in [0.25, 0.3) is 0 Å². The third kappa shape index (κ3) is 6.35. The first-order valence-corrected chi connectivity index (χ1v) is 8.49. The second kappa shape index (κ2) is 9.31. The van der Waals surface area contributed by atoms with Gasteiger partial charge in [-0.1, -0.05) is 48.4 Å². The average Bonchev–Trinajstić information content (AvgIpc) is 2.53. The predicted octanol–water partition coefficient (Wildman–Crippen LogP) is 5.93. The lowest BCUT2D eigenvalue weighted by molar-refractivity contribution is 0.298. The molecule has 4 heteroatoms. The van der Waals surface area contributed by atoms with E-state index in [9.17, 15) is 0 Å². The van der Waals surface area contributed by atoms with Gasteiger partial charge < -0.3 is 10.1 Å². The first kappa shape index (κ1) is 20.8. The molecule has 0 aliphatic rings. The lowest BCUT2D eigenvalue weighted by atomic mass is 10.0. The minimum absolute atomic E-state index is 0. The van der Waals surface area contributed by atoms with Gasteiger partial charge in [0.1, 0.15) is 12.4 Å². The molecule has 0 saturated heterocycles. The number of halogens is 2. The molecule has 0 heterocycles. The molecule has 0 spiro atoms. The molecular weight excluding hydrogens is 341 g/mol. The molecule has 0 unspecified atom stereocenters. The van der Waals surface area contributed by atoms with E-state index < -0.39 is 0 Å².